The second-order valence-electron chi connectivity index (χ2n) is 4.81. The molecular weight excluding hydrogens is 218 g/mol. The van der Waals surface area contributed by atoms with Crippen LogP contribution in [0.25, 0.3) is 0 Å². The fourth-order valence-electron chi connectivity index (χ4n) is 2.12. The van der Waals surface area contributed by atoms with E-state index in [4.69, 9.17) is 10.5 Å². The van der Waals surface area contributed by atoms with E-state index in [2.05, 4.69) is 10.2 Å². The fraction of sp³-hybridized carbons (Fsp3) is 0.917. The number of carbonyl (C=O) groups is 1. The summed E-state index contributed by atoms with van der Waals surface area (Å²) < 4.78 is 4.91. The van der Waals surface area contributed by atoms with Crippen molar-refractivity contribution in [3.05, 3.63) is 0 Å². The molecule has 0 spiro atoms. The molecule has 0 aromatic heterocycles. The monoisotopic (exact) mass is 243 g/mol. The van der Waals surface area contributed by atoms with Gasteiger partial charge in [0.05, 0.1) is 6.04 Å². The Hall–Kier alpha value is -0.650. The van der Waals surface area contributed by atoms with Crippen molar-refractivity contribution in [1.29, 1.82) is 0 Å². The predicted octanol–water partition coefficient (Wildman–Crippen LogP) is -0.0493. The molecule has 0 radical (unpaired) electrons. The minimum absolute atomic E-state index is 0.0752. The molecule has 17 heavy (non-hydrogen) atoms. The number of nitrogens with one attached hydrogen (secondary N) is 1. The van der Waals surface area contributed by atoms with Gasteiger partial charge in [-0.2, -0.15) is 0 Å². The van der Waals surface area contributed by atoms with E-state index < -0.39 is 6.04 Å². The molecule has 2 atom stereocenters. The van der Waals surface area contributed by atoms with E-state index in [1.807, 2.05) is 6.92 Å². The van der Waals surface area contributed by atoms with Crippen molar-refractivity contribution in [3.8, 4) is 0 Å². The third kappa shape index (κ3) is 5.48. The molecule has 1 fully saturated rings. The van der Waals surface area contributed by atoms with Crippen molar-refractivity contribution in [2.75, 3.05) is 33.4 Å². The first kappa shape index (κ1) is 14.4. The van der Waals surface area contributed by atoms with Crippen LogP contribution >= 0.6 is 0 Å². The van der Waals surface area contributed by atoms with Gasteiger partial charge in [-0.25, -0.2) is 0 Å². The van der Waals surface area contributed by atoms with Crippen molar-refractivity contribution in [1.82, 2.24) is 10.2 Å². The van der Waals surface area contributed by atoms with Crippen molar-refractivity contribution in [3.63, 3.8) is 0 Å². The molecule has 5 heteroatoms. The van der Waals surface area contributed by atoms with Gasteiger partial charge in [-0.3, -0.25) is 4.79 Å². The number of nitrogens with zero attached hydrogens (tertiary/aromatic N) is 1. The molecule has 100 valence electrons. The van der Waals surface area contributed by atoms with Crippen LogP contribution in [0, 0.1) is 0 Å². The summed E-state index contributed by atoms with van der Waals surface area (Å²) in [6.45, 7) is 5.77. The van der Waals surface area contributed by atoms with Crippen LogP contribution in [0.2, 0.25) is 0 Å². The molecule has 1 heterocycles. The molecule has 1 amide bonds. The first-order valence-electron chi connectivity index (χ1n) is 6.40. The zero-order chi connectivity index (χ0) is 12.7. The molecule has 3 N–H and O–H groups in total. The second kappa shape index (κ2) is 7.63. The molecule has 1 aliphatic heterocycles. The van der Waals surface area contributed by atoms with Gasteiger partial charge in [0.15, 0.2) is 0 Å². The molecule has 0 bridgehead atoms. The first-order chi connectivity index (χ1) is 8.13. The Kier molecular flexibility index (Phi) is 6.47. The van der Waals surface area contributed by atoms with E-state index in [-0.39, 0.29) is 11.9 Å². The van der Waals surface area contributed by atoms with Crippen molar-refractivity contribution in [2.45, 2.75) is 38.3 Å². The van der Waals surface area contributed by atoms with Crippen LogP contribution in [0.4, 0.5) is 0 Å². The maximum atomic E-state index is 11.7. The number of hydrogen-bond acceptors (Lipinski definition) is 4. The number of methoxy groups -OCH3 is 1. The van der Waals surface area contributed by atoms with Crippen LogP contribution in [0.3, 0.4) is 0 Å². The summed E-state index contributed by atoms with van der Waals surface area (Å²) in [4.78, 5) is 14.1. The second-order valence-corrected chi connectivity index (χ2v) is 4.81. The first-order valence-corrected chi connectivity index (χ1v) is 6.40. The van der Waals surface area contributed by atoms with Crippen molar-refractivity contribution in [2.24, 2.45) is 5.73 Å². The van der Waals surface area contributed by atoms with E-state index in [9.17, 15) is 4.79 Å². The molecule has 0 aromatic rings. The molecule has 2 unspecified atom stereocenters. The van der Waals surface area contributed by atoms with Crippen LogP contribution in [0.5, 0.6) is 0 Å². The van der Waals surface area contributed by atoms with Gasteiger partial charge in [0.1, 0.15) is 0 Å². The average Bonchev–Trinajstić information content (AvgIpc) is 2.78. The SMILES string of the molecule is COCCC(N)C(=O)NC(C)CN1CCCC1. The zero-order valence-corrected chi connectivity index (χ0v) is 10.9. The largest absolute Gasteiger partial charge is 0.385 e. The van der Waals surface area contributed by atoms with Crippen LogP contribution in [0.15, 0.2) is 0 Å². The van der Waals surface area contributed by atoms with Crippen LogP contribution in [-0.4, -0.2) is 56.2 Å². The fourth-order valence-corrected chi connectivity index (χ4v) is 2.12. The number of likely N-dealkylation sites (tertiary alicyclic amines) is 1. The maximum absolute atomic E-state index is 11.7. The highest BCUT2D eigenvalue weighted by Crippen LogP contribution is 2.07. The minimum atomic E-state index is -0.462. The Labute approximate surface area is 104 Å². The predicted molar refractivity (Wildman–Crippen MR) is 67.7 cm³/mol. The van der Waals surface area contributed by atoms with Gasteiger partial charge in [0.2, 0.25) is 5.91 Å². The zero-order valence-electron chi connectivity index (χ0n) is 10.9. The Morgan fingerprint density at radius 3 is 2.71 bits per heavy atom. The number of ether oxygens (including phenoxy) is 1. The summed E-state index contributed by atoms with van der Waals surface area (Å²) in [7, 11) is 1.61. The van der Waals surface area contributed by atoms with Gasteiger partial charge in [0.25, 0.3) is 0 Å². The Morgan fingerprint density at radius 1 is 1.47 bits per heavy atom. The quantitative estimate of drug-likeness (QED) is 0.658. The van der Waals surface area contributed by atoms with Gasteiger partial charge in [-0.1, -0.05) is 0 Å². The van der Waals surface area contributed by atoms with Crippen molar-refractivity contribution < 1.29 is 9.53 Å². The lowest BCUT2D eigenvalue weighted by Crippen LogP contribution is -2.48. The molecule has 0 saturated carbocycles. The topological polar surface area (TPSA) is 67.6 Å². The average molecular weight is 243 g/mol. The summed E-state index contributed by atoms with van der Waals surface area (Å²) in [5.74, 6) is -0.0752. The van der Waals surface area contributed by atoms with Crippen LogP contribution in [-0.2, 0) is 9.53 Å². The number of nitrogens with two attached hydrogens (primary N) is 1. The summed E-state index contributed by atoms with van der Waals surface area (Å²) in [5.41, 5.74) is 5.75. The molecule has 5 nitrogen and oxygen atoms in total. The lowest BCUT2D eigenvalue weighted by atomic mass is 10.2. The summed E-state index contributed by atoms with van der Waals surface area (Å²) >= 11 is 0. The maximum Gasteiger partial charge on any atom is 0.237 e. The third-order valence-electron chi connectivity index (χ3n) is 3.09. The summed E-state index contributed by atoms with van der Waals surface area (Å²) in [5, 5.41) is 2.95. The molecule has 1 saturated heterocycles. The van der Waals surface area contributed by atoms with E-state index in [0.717, 1.165) is 19.6 Å². The third-order valence-corrected chi connectivity index (χ3v) is 3.09. The number of amides is 1. The summed E-state index contributed by atoms with van der Waals surface area (Å²) in [6.07, 6.45) is 3.11. The molecule has 1 aliphatic rings. The highest BCUT2D eigenvalue weighted by molar-refractivity contribution is 5.81. The standard InChI is InChI=1S/C12H25N3O2/c1-10(9-15-6-3-4-7-15)14-12(16)11(13)5-8-17-2/h10-11H,3-9,13H2,1-2H3,(H,14,16). The lowest BCUT2D eigenvalue weighted by Gasteiger charge is -2.22. The van der Waals surface area contributed by atoms with Crippen LogP contribution in [0.1, 0.15) is 26.2 Å². The highest BCUT2D eigenvalue weighted by Gasteiger charge is 2.18. The Morgan fingerprint density at radius 2 is 2.12 bits per heavy atom. The van der Waals surface area contributed by atoms with Gasteiger partial charge < -0.3 is 20.7 Å². The molecule has 1 rings (SSSR count). The van der Waals surface area contributed by atoms with Crippen molar-refractivity contribution >= 4 is 5.91 Å². The van der Waals surface area contributed by atoms with Gasteiger partial charge in [-0.05, 0) is 39.3 Å². The minimum Gasteiger partial charge on any atom is -0.385 e. The smallest absolute Gasteiger partial charge is 0.237 e. The number of carbonyl (C=O) groups excluding carboxylic acids is 1. The number of rotatable bonds is 7. The van der Waals surface area contributed by atoms with E-state index in [1.54, 1.807) is 7.11 Å². The van der Waals surface area contributed by atoms with Gasteiger partial charge in [-0.15, -0.1) is 0 Å². The van der Waals surface area contributed by atoms with Crippen LogP contribution < -0.4 is 11.1 Å². The number of hydrogen-bond donors (Lipinski definition) is 2. The highest BCUT2D eigenvalue weighted by atomic mass is 16.5. The summed E-state index contributed by atoms with van der Waals surface area (Å²) in [6, 6.07) is -0.301. The van der Waals surface area contributed by atoms with E-state index in [1.165, 1.54) is 12.8 Å². The molecular formula is C12H25N3O2. The Balaban J connectivity index is 2.19. The van der Waals surface area contributed by atoms with Gasteiger partial charge >= 0.3 is 0 Å². The van der Waals surface area contributed by atoms with Gasteiger partial charge in [0, 0.05) is 26.3 Å². The normalized spacial score (nSPS) is 20.2. The van der Waals surface area contributed by atoms with E-state index in [0.29, 0.717) is 13.0 Å². The van der Waals surface area contributed by atoms with E-state index >= 15 is 0 Å². The molecule has 0 aromatic carbocycles. The Bertz CT molecular complexity index is 230. The lowest BCUT2D eigenvalue weighted by molar-refractivity contribution is -0.123. The molecule has 0 aliphatic carbocycles.